The number of halogens is 6. The Bertz CT molecular complexity index is 986. The summed E-state index contributed by atoms with van der Waals surface area (Å²) in [5, 5.41) is 9.22. The average Bonchev–Trinajstić information content (AvgIpc) is 2.66. The number of pyridine rings is 1. The molecule has 0 aliphatic carbocycles. The van der Waals surface area contributed by atoms with Crippen LogP contribution in [0.2, 0.25) is 0 Å². The molecule has 0 unspecified atom stereocenters. The molecule has 0 radical (unpaired) electrons. The summed E-state index contributed by atoms with van der Waals surface area (Å²) in [6, 6.07) is 13.1. The monoisotopic (exact) mass is 392 g/mol. The first-order valence-electron chi connectivity index (χ1n) is 7.86. The van der Waals surface area contributed by atoms with Crippen LogP contribution in [0, 0.1) is 11.3 Å². The number of hydrogen-bond donors (Lipinski definition) is 0. The maximum atomic E-state index is 13.3. The maximum Gasteiger partial charge on any atom is 0.417 e. The molecule has 1 heterocycles. The van der Waals surface area contributed by atoms with E-state index in [9.17, 15) is 31.6 Å². The number of aromatic nitrogens is 1. The molecule has 0 aliphatic rings. The normalized spacial score (nSPS) is 11.9. The fraction of sp³-hybridized carbons (Fsp3) is 0.100. The molecule has 0 N–H and O–H groups in total. The minimum absolute atomic E-state index is 0.103. The van der Waals surface area contributed by atoms with E-state index in [1.807, 2.05) is 0 Å². The van der Waals surface area contributed by atoms with E-state index in [2.05, 4.69) is 4.98 Å². The lowest BCUT2D eigenvalue weighted by molar-refractivity contribution is -0.137. The van der Waals surface area contributed by atoms with Gasteiger partial charge in [-0.1, -0.05) is 36.4 Å². The van der Waals surface area contributed by atoms with Crippen molar-refractivity contribution in [1.82, 2.24) is 4.98 Å². The second kappa shape index (κ2) is 7.00. The lowest BCUT2D eigenvalue weighted by Gasteiger charge is -2.15. The Morgan fingerprint density at radius 1 is 0.679 bits per heavy atom. The highest BCUT2D eigenvalue weighted by atomic mass is 19.4. The number of hydrogen-bond acceptors (Lipinski definition) is 2. The molecule has 0 fully saturated rings. The van der Waals surface area contributed by atoms with E-state index >= 15 is 0 Å². The first kappa shape index (κ1) is 19.4. The second-order valence-corrected chi connectivity index (χ2v) is 5.82. The van der Waals surface area contributed by atoms with Gasteiger partial charge in [0.1, 0.15) is 0 Å². The Kier molecular flexibility index (Phi) is 4.86. The topological polar surface area (TPSA) is 36.7 Å². The van der Waals surface area contributed by atoms with Crippen molar-refractivity contribution in [3.8, 4) is 28.6 Å². The van der Waals surface area contributed by atoms with Crippen molar-refractivity contribution in [3.63, 3.8) is 0 Å². The predicted octanol–water partition coefficient (Wildman–Crippen LogP) is 6.32. The van der Waals surface area contributed by atoms with Gasteiger partial charge < -0.3 is 0 Å². The predicted molar refractivity (Wildman–Crippen MR) is 89.8 cm³/mol. The molecule has 142 valence electrons. The number of rotatable bonds is 2. The number of nitrogens with zero attached hydrogens (tertiary/aromatic N) is 2. The molecule has 2 aromatic carbocycles. The zero-order chi connectivity index (χ0) is 20.5. The average molecular weight is 392 g/mol. The van der Waals surface area contributed by atoms with Crippen LogP contribution in [0.5, 0.6) is 0 Å². The van der Waals surface area contributed by atoms with Gasteiger partial charge in [0.05, 0.1) is 34.1 Å². The van der Waals surface area contributed by atoms with Crippen molar-refractivity contribution in [2.45, 2.75) is 12.4 Å². The molecule has 0 aliphatic heterocycles. The summed E-state index contributed by atoms with van der Waals surface area (Å²) >= 11 is 0. The zero-order valence-electron chi connectivity index (χ0n) is 13.9. The Hall–Kier alpha value is -3.34. The minimum atomic E-state index is -4.69. The molecule has 0 spiro atoms. The Morgan fingerprint density at radius 2 is 1.07 bits per heavy atom. The summed E-state index contributed by atoms with van der Waals surface area (Å²) in [6.07, 6.45) is -9.38. The Labute approximate surface area is 155 Å². The van der Waals surface area contributed by atoms with E-state index in [1.54, 1.807) is 6.07 Å². The molecular formula is C20H10F6N2. The van der Waals surface area contributed by atoms with Crippen LogP contribution < -0.4 is 0 Å². The van der Waals surface area contributed by atoms with Crippen molar-refractivity contribution >= 4 is 0 Å². The number of alkyl halides is 6. The minimum Gasteiger partial charge on any atom is -0.248 e. The fourth-order valence-electron chi connectivity index (χ4n) is 2.78. The van der Waals surface area contributed by atoms with E-state index in [1.165, 1.54) is 24.3 Å². The van der Waals surface area contributed by atoms with Gasteiger partial charge in [-0.2, -0.15) is 31.6 Å². The third-order valence-corrected chi connectivity index (χ3v) is 3.97. The molecule has 1 aromatic heterocycles. The maximum absolute atomic E-state index is 13.3. The highest BCUT2D eigenvalue weighted by Gasteiger charge is 2.35. The molecule has 3 rings (SSSR count). The van der Waals surface area contributed by atoms with Crippen LogP contribution in [0.1, 0.15) is 16.7 Å². The lowest BCUT2D eigenvalue weighted by atomic mass is 9.99. The van der Waals surface area contributed by atoms with Crippen molar-refractivity contribution in [2.24, 2.45) is 0 Å². The molecule has 0 atom stereocenters. The summed E-state index contributed by atoms with van der Waals surface area (Å²) in [5.41, 5.74) is -3.21. The Morgan fingerprint density at radius 3 is 1.43 bits per heavy atom. The van der Waals surface area contributed by atoms with Crippen LogP contribution in [-0.4, -0.2) is 4.98 Å². The quantitative estimate of drug-likeness (QED) is 0.478. The molecule has 0 bridgehead atoms. The highest BCUT2D eigenvalue weighted by molar-refractivity contribution is 5.72. The van der Waals surface area contributed by atoms with Gasteiger partial charge in [-0.25, -0.2) is 4.98 Å². The standard InChI is InChI=1S/C20H10F6N2/c21-19(22,23)15-7-3-1-5-13(15)17-9-12(11-27)10-18(28-17)14-6-2-4-8-16(14)20(24,25)26/h1-10H. The third kappa shape index (κ3) is 3.83. The van der Waals surface area contributed by atoms with Gasteiger partial charge in [-0.3, -0.25) is 0 Å². The van der Waals surface area contributed by atoms with Crippen molar-refractivity contribution < 1.29 is 26.3 Å². The summed E-state index contributed by atoms with van der Waals surface area (Å²) < 4.78 is 79.9. The van der Waals surface area contributed by atoms with Crippen LogP contribution in [0.15, 0.2) is 60.7 Å². The largest absolute Gasteiger partial charge is 0.417 e. The van der Waals surface area contributed by atoms with E-state index in [4.69, 9.17) is 0 Å². The van der Waals surface area contributed by atoms with E-state index in [0.717, 1.165) is 36.4 Å². The molecule has 0 saturated heterocycles. The Balaban J connectivity index is 2.28. The van der Waals surface area contributed by atoms with Crippen LogP contribution in [0.4, 0.5) is 26.3 Å². The van der Waals surface area contributed by atoms with Crippen LogP contribution in [-0.2, 0) is 12.4 Å². The van der Waals surface area contributed by atoms with Gasteiger partial charge in [-0.15, -0.1) is 0 Å². The van der Waals surface area contributed by atoms with Gasteiger partial charge >= 0.3 is 12.4 Å². The molecule has 0 amide bonds. The summed E-state index contributed by atoms with van der Waals surface area (Å²) in [4.78, 5) is 4.02. The van der Waals surface area contributed by atoms with Gasteiger partial charge in [0, 0.05) is 11.1 Å². The van der Waals surface area contributed by atoms with Gasteiger partial charge in [0.15, 0.2) is 0 Å². The van der Waals surface area contributed by atoms with Crippen molar-refractivity contribution in [3.05, 3.63) is 77.4 Å². The third-order valence-electron chi connectivity index (χ3n) is 3.97. The van der Waals surface area contributed by atoms with Gasteiger partial charge in [0.2, 0.25) is 0 Å². The lowest BCUT2D eigenvalue weighted by Crippen LogP contribution is -2.09. The first-order valence-corrected chi connectivity index (χ1v) is 7.86. The smallest absolute Gasteiger partial charge is 0.248 e. The summed E-state index contributed by atoms with van der Waals surface area (Å²) in [7, 11) is 0. The van der Waals surface area contributed by atoms with Gasteiger partial charge in [0.25, 0.3) is 0 Å². The molecule has 28 heavy (non-hydrogen) atoms. The van der Waals surface area contributed by atoms with E-state index < -0.39 is 23.5 Å². The van der Waals surface area contributed by atoms with Crippen LogP contribution >= 0.6 is 0 Å². The van der Waals surface area contributed by atoms with E-state index in [0.29, 0.717) is 0 Å². The second-order valence-electron chi connectivity index (χ2n) is 5.82. The zero-order valence-corrected chi connectivity index (χ0v) is 13.9. The molecular weight excluding hydrogens is 382 g/mol. The van der Waals surface area contributed by atoms with E-state index in [-0.39, 0.29) is 28.1 Å². The molecule has 2 nitrogen and oxygen atoms in total. The number of nitriles is 1. The number of benzene rings is 2. The summed E-state index contributed by atoms with van der Waals surface area (Å²) in [6.45, 7) is 0. The fourth-order valence-corrected chi connectivity index (χ4v) is 2.78. The van der Waals surface area contributed by atoms with Crippen LogP contribution in [0.25, 0.3) is 22.5 Å². The highest BCUT2D eigenvalue weighted by Crippen LogP contribution is 2.39. The van der Waals surface area contributed by atoms with Crippen molar-refractivity contribution in [1.29, 1.82) is 5.26 Å². The first-order chi connectivity index (χ1) is 13.1. The molecule has 8 heteroatoms. The van der Waals surface area contributed by atoms with Crippen molar-refractivity contribution in [2.75, 3.05) is 0 Å². The molecule has 3 aromatic rings. The summed E-state index contributed by atoms with van der Waals surface area (Å²) in [5.74, 6) is 0. The van der Waals surface area contributed by atoms with Crippen LogP contribution in [0.3, 0.4) is 0 Å². The van der Waals surface area contributed by atoms with Gasteiger partial charge in [-0.05, 0) is 24.3 Å². The SMILES string of the molecule is N#Cc1cc(-c2ccccc2C(F)(F)F)nc(-c2ccccc2C(F)(F)F)c1. The molecule has 0 saturated carbocycles.